The second-order valence-electron chi connectivity index (χ2n) is 9.75. The number of hydrogen-bond acceptors (Lipinski definition) is 3. The maximum atomic E-state index is 15.1. The molecule has 246 valence electrons. The van der Waals surface area contributed by atoms with Crippen molar-refractivity contribution >= 4 is 22.4 Å². The highest BCUT2D eigenvalue weighted by Gasteiger charge is 2.79. The summed E-state index contributed by atoms with van der Waals surface area (Å²) >= 11 is 0.694. The SMILES string of the molecule is FC(F)(F)C(OS1(OC(c2ccccc2)(C(F)(F)F)C(F)(F)F)c2ccccc2Sc2ccccc21)(c1ccccc1)C(F)(F)F. The summed E-state index contributed by atoms with van der Waals surface area (Å²) in [7, 11) is -5.56. The van der Waals surface area contributed by atoms with Gasteiger partial charge in [-0.15, -0.1) is 10.6 Å². The first-order chi connectivity index (χ1) is 21.3. The van der Waals surface area contributed by atoms with Gasteiger partial charge in [-0.05, 0) is 24.3 Å². The van der Waals surface area contributed by atoms with Gasteiger partial charge in [-0.2, -0.15) is 52.7 Å². The molecule has 2 nitrogen and oxygen atoms in total. The van der Waals surface area contributed by atoms with Gasteiger partial charge in [-0.25, -0.2) is 8.37 Å². The second kappa shape index (κ2) is 11.4. The van der Waals surface area contributed by atoms with Crippen molar-refractivity contribution in [2.24, 2.45) is 0 Å². The van der Waals surface area contributed by atoms with Gasteiger partial charge in [0, 0.05) is 20.9 Å². The van der Waals surface area contributed by atoms with Crippen LogP contribution in [0.1, 0.15) is 11.1 Å². The minimum Gasteiger partial charge on any atom is -0.244 e. The van der Waals surface area contributed by atoms with E-state index in [1.807, 2.05) is 0 Å². The summed E-state index contributed by atoms with van der Waals surface area (Å²) in [4.78, 5) is -2.31. The Hall–Kier alpha value is -3.34. The van der Waals surface area contributed by atoms with Gasteiger partial charge >= 0.3 is 35.9 Å². The van der Waals surface area contributed by atoms with E-state index < -0.39 is 67.4 Å². The quantitative estimate of drug-likeness (QED) is 0.186. The Kier molecular flexibility index (Phi) is 8.44. The molecule has 0 aliphatic carbocycles. The standard InChI is InChI=1S/C30H18F12O2S2/c31-27(32,33)25(28(34,35)36,19-11-3-1-4-12-19)43-46(23-17-9-7-15-21(23)45-22-16-8-10-18-24(22)46)44-26(29(37,38)39,30(40,41)42)20-13-5-2-6-14-20/h1-18H. The minimum atomic E-state index is -6.50. The number of fused-ring (bicyclic) bond motifs is 2. The zero-order valence-electron chi connectivity index (χ0n) is 22.6. The molecule has 0 spiro atoms. The minimum absolute atomic E-state index is 0.283. The van der Waals surface area contributed by atoms with Gasteiger partial charge in [-0.1, -0.05) is 96.7 Å². The fourth-order valence-electron chi connectivity index (χ4n) is 4.91. The molecule has 0 atom stereocenters. The Morgan fingerprint density at radius 1 is 0.391 bits per heavy atom. The molecule has 5 rings (SSSR count). The summed E-state index contributed by atoms with van der Waals surface area (Å²) in [5, 5.41) is 0. The van der Waals surface area contributed by atoms with Gasteiger partial charge in [0.2, 0.25) is 0 Å². The molecule has 0 saturated heterocycles. The van der Waals surface area contributed by atoms with Gasteiger partial charge < -0.3 is 0 Å². The van der Waals surface area contributed by atoms with Gasteiger partial charge in [0.1, 0.15) is 0 Å². The molecule has 0 N–H and O–H groups in total. The van der Waals surface area contributed by atoms with Crippen molar-refractivity contribution in [1.82, 2.24) is 0 Å². The van der Waals surface area contributed by atoms with E-state index in [1.54, 1.807) is 0 Å². The van der Waals surface area contributed by atoms with Crippen LogP contribution in [0.5, 0.6) is 0 Å². The van der Waals surface area contributed by atoms with Crippen LogP contribution in [0.4, 0.5) is 52.7 Å². The van der Waals surface area contributed by atoms with Crippen molar-refractivity contribution in [3.05, 3.63) is 120 Å². The smallest absolute Gasteiger partial charge is 0.244 e. The fraction of sp³-hybridized carbons (Fsp3) is 0.200. The van der Waals surface area contributed by atoms with E-state index in [2.05, 4.69) is 0 Å². The second-order valence-corrected chi connectivity index (χ2v) is 13.1. The summed E-state index contributed by atoms with van der Waals surface area (Å²) in [6.07, 6.45) is -26.0. The fourth-order valence-corrected chi connectivity index (χ4v) is 9.77. The Labute approximate surface area is 259 Å². The number of halogens is 12. The van der Waals surface area contributed by atoms with E-state index in [1.165, 1.54) is 12.1 Å². The lowest BCUT2D eigenvalue weighted by molar-refractivity contribution is -0.377. The van der Waals surface area contributed by atoms with Gasteiger partial charge in [-0.3, -0.25) is 0 Å². The molecule has 1 aliphatic rings. The van der Waals surface area contributed by atoms with Crippen LogP contribution in [0.3, 0.4) is 0 Å². The summed E-state index contributed by atoms with van der Waals surface area (Å²) in [6, 6.07) is 15.1. The van der Waals surface area contributed by atoms with Crippen LogP contribution in [0.2, 0.25) is 0 Å². The van der Waals surface area contributed by atoms with Crippen molar-refractivity contribution in [3.8, 4) is 0 Å². The molecule has 1 heterocycles. The first kappa shape index (κ1) is 34.0. The van der Waals surface area contributed by atoms with E-state index in [9.17, 15) is 0 Å². The molecule has 0 saturated carbocycles. The molecule has 16 heteroatoms. The Balaban J connectivity index is 2.00. The largest absolute Gasteiger partial charge is 0.433 e. The van der Waals surface area contributed by atoms with E-state index in [4.69, 9.17) is 8.37 Å². The van der Waals surface area contributed by atoms with Crippen molar-refractivity contribution in [3.63, 3.8) is 0 Å². The van der Waals surface area contributed by atoms with Crippen molar-refractivity contribution in [2.45, 2.75) is 55.5 Å². The third kappa shape index (κ3) is 5.22. The molecule has 0 aromatic heterocycles. The van der Waals surface area contributed by atoms with Crippen LogP contribution in [0, 0.1) is 0 Å². The van der Waals surface area contributed by atoms with Crippen LogP contribution in [-0.4, -0.2) is 24.7 Å². The lowest BCUT2D eigenvalue weighted by atomic mass is 9.92. The van der Waals surface area contributed by atoms with Crippen LogP contribution in [0.25, 0.3) is 0 Å². The van der Waals surface area contributed by atoms with Gasteiger partial charge in [0.25, 0.3) is 0 Å². The van der Waals surface area contributed by atoms with Gasteiger partial charge in [0.15, 0.2) is 0 Å². The van der Waals surface area contributed by atoms with Crippen LogP contribution in [-0.2, 0) is 19.6 Å². The summed E-state index contributed by atoms with van der Waals surface area (Å²) in [5.74, 6) is 0. The number of benzene rings is 4. The highest BCUT2D eigenvalue weighted by Crippen LogP contribution is 2.79. The lowest BCUT2D eigenvalue weighted by Crippen LogP contribution is -2.59. The molecule has 0 radical (unpaired) electrons. The maximum absolute atomic E-state index is 15.1. The molecule has 46 heavy (non-hydrogen) atoms. The Bertz CT molecular complexity index is 1530. The van der Waals surface area contributed by atoms with Crippen LogP contribution >= 0.6 is 22.4 Å². The highest BCUT2D eigenvalue weighted by atomic mass is 32.3. The first-order valence-electron chi connectivity index (χ1n) is 12.8. The number of rotatable bonds is 6. The Morgan fingerprint density at radius 3 is 0.978 bits per heavy atom. The average Bonchev–Trinajstić information content (AvgIpc) is 2.97. The normalized spacial score (nSPS) is 16.3. The zero-order chi connectivity index (χ0) is 33.8. The highest BCUT2D eigenvalue weighted by molar-refractivity contribution is 8.27. The third-order valence-corrected chi connectivity index (χ3v) is 11.2. The van der Waals surface area contributed by atoms with Crippen LogP contribution in [0.15, 0.2) is 129 Å². The molecular weight excluding hydrogens is 684 g/mol. The first-order valence-corrected chi connectivity index (χ1v) is 15.1. The summed E-state index contributed by atoms with van der Waals surface area (Å²) in [6.45, 7) is 0. The molecule has 1 aliphatic heterocycles. The number of hydrogen-bond donors (Lipinski definition) is 0. The summed E-state index contributed by atoms with van der Waals surface area (Å²) in [5.41, 5.74) is -14.3. The molecule has 0 fully saturated rings. The maximum Gasteiger partial charge on any atom is 0.433 e. The lowest BCUT2D eigenvalue weighted by Gasteiger charge is -2.55. The average molecular weight is 703 g/mol. The topological polar surface area (TPSA) is 18.5 Å². The molecule has 0 unspecified atom stereocenters. The van der Waals surface area contributed by atoms with Gasteiger partial charge in [0.05, 0.1) is 9.79 Å². The predicted octanol–water partition coefficient (Wildman–Crippen LogP) is 11.3. The summed E-state index contributed by atoms with van der Waals surface area (Å²) < 4.78 is 192. The van der Waals surface area contributed by atoms with Crippen molar-refractivity contribution in [1.29, 1.82) is 0 Å². The molecule has 0 amide bonds. The molecule has 0 bridgehead atoms. The predicted molar refractivity (Wildman–Crippen MR) is 144 cm³/mol. The molecule has 4 aromatic carbocycles. The van der Waals surface area contributed by atoms with E-state index in [0.717, 1.165) is 72.8 Å². The van der Waals surface area contributed by atoms with E-state index in [0.29, 0.717) is 36.0 Å². The zero-order valence-corrected chi connectivity index (χ0v) is 24.2. The molecule has 4 aromatic rings. The van der Waals surface area contributed by atoms with E-state index in [-0.39, 0.29) is 9.79 Å². The third-order valence-electron chi connectivity index (χ3n) is 6.94. The number of alkyl halides is 12. The molecular formula is C30H18F12O2S2. The Morgan fingerprint density at radius 2 is 0.674 bits per heavy atom. The van der Waals surface area contributed by atoms with Crippen LogP contribution < -0.4 is 0 Å². The van der Waals surface area contributed by atoms with Crippen molar-refractivity contribution < 1.29 is 61.1 Å². The van der Waals surface area contributed by atoms with E-state index >= 15 is 52.7 Å². The van der Waals surface area contributed by atoms with Crippen molar-refractivity contribution in [2.75, 3.05) is 0 Å². The monoisotopic (exact) mass is 702 g/mol.